The summed E-state index contributed by atoms with van der Waals surface area (Å²) in [6.07, 6.45) is 3.07. The number of allylic oxidation sites excluding steroid dienone is 2. The van der Waals surface area contributed by atoms with Crippen molar-refractivity contribution in [1.82, 2.24) is 4.90 Å². The number of rotatable bonds is 4. The molecule has 6 nitrogen and oxygen atoms in total. The van der Waals surface area contributed by atoms with Gasteiger partial charge in [0.2, 0.25) is 0 Å². The number of ether oxygens (including phenoxy) is 2. The van der Waals surface area contributed by atoms with Gasteiger partial charge < -0.3 is 25.8 Å². The molecular weight excluding hydrogens is 222 g/mol. The average Bonchev–Trinajstić information content (AvgIpc) is 2.36. The first-order chi connectivity index (χ1) is 8.15. The van der Waals surface area contributed by atoms with Crippen molar-refractivity contribution in [1.29, 1.82) is 0 Å². The lowest BCUT2D eigenvalue weighted by Gasteiger charge is -2.28. The molecule has 6 heteroatoms. The summed E-state index contributed by atoms with van der Waals surface area (Å²) in [5.41, 5.74) is 11.4. The molecule has 1 rings (SSSR count). The third-order valence-electron chi connectivity index (χ3n) is 2.32. The van der Waals surface area contributed by atoms with Gasteiger partial charge in [-0.15, -0.1) is 0 Å². The van der Waals surface area contributed by atoms with E-state index >= 15 is 0 Å². The minimum absolute atomic E-state index is 0.0445. The first-order valence-corrected chi connectivity index (χ1v) is 5.58. The summed E-state index contributed by atoms with van der Waals surface area (Å²) in [4.78, 5) is 13.2. The Labute approximate surface area is 101 Å². The zero-order valence-electron chi connectivity index (χ0n) is 10.0. The predicted octanol–water partition coefficient (Wildman–Crippen LogP) is -0.476. The Morgan fingerprint density at radius 3 is 2.59 bits per heavy atom. The molecule has 1 fully saturated rings. The van der Waals surface area contributed by atoms with Crippen LogP contribution in [0.2, 0.25) is 0 Å². The predicted molar refractivity (Wildman–Crippen MR) is 63.6 cm³/mol. The number of hydrogen-bond donors (Lipinski definition) is 2. The Hall–Kier alpha value is -1.69. The van der Waals surface area contributed by atoms with E-state index < -0.39 is 5.97 Å². The maximum absolute atomic E-state index is 11.2. The summed E-state index contributed by atoms with van der Waals surface area (Å²) in [6, 6.07) is 0. The summed E-state index contributed by atoms with van der Waals surface area (Å²) < 4.78 is 9.95. The van der Waals surface area contributed by atoms with Crippen LogP contribution in [0.1, 0.15) is 6.92 Å². The second kappa shape index (κ2) is 6.80. The number of nitrogens with zero attached hydrogens (tertiary/aromatic N) is 1. The Morgan fingerprint density at radius 2 is 2.00 bits per heavy atom. The second-order valence-electron chi connectivity index (χ2n) is 3.53. The van der Waals surface area contributed by atoms with Crippen LogP contribution in [0, 0.1) is 0 Å². The number of hydrogen-bond acceptors (Lipinski definition) is 6. The highest BCUT2D eigenvalue weighted by molar-refractivity contribution is 5.87. The minimum Gasteiger partial charge on any atom is -0.461 e. The van der Waals surface area contributed by atoms with E-state index in [1.807, 2.05) is 4.90 Å². The van der Waals surface area contributed by atoms with Gasteiger partial charge >= 0.3 is 5.97 Å². The molecule has 4 N–H and O–H groups in total. The van der Waals surface area contributed by atoms with Crippen LogP contribution >= 0.6 is 0 Å². The van der Waals surface area contributed by atoms with Crippen LogP contribution in [0.25, 0.3) is 0 Å². The van der Waals surface area contributed by atoms with E-state index in [4.69, 9.17) is 20.9 Å². The number of esters is 1. The van der Waals surface area contributed by atoms with Crippen LogP contribution in [0.4, 0.5) is 0 Å². The van der Waals surface area contributed by atoms with E-state index in [0.717, 1.165) is 13.1 Å². The lowest BCUT2D eigenvalue weighted by molar-refractivity contribution is -0.138. The summed E-state index contributed by atoms with van der Waals surface area (Å²) in [5.74, 6) is 0.0408. The quantitative estimate of drug-likeness (QED) is 0.392. The van der Waals surface area contributed by atoms with Crippen LogP contribution in [-0.2, 0) is 14.3 Å². The van der Waals surface area contributed by atoms with Gasteiger partial charge in [-0.05, 0) is 19.1 Å². The minimum atomic E-state index is -0.529. The van der Waals surface area contributed by atoms with Gasteiger partial charge in [0.05, 0.1) is 25.6 Å². The van der Waals surface area contributed by atoms with Gasteiger partial charge in [0, 0.05) is 13.1 Å². The van der Waals surface area contributed by atoms with Crippen LogP contribution in [-0.4, -0.2) is 43.8 Å². The first kappa shape index (κ1) is 13.4. The average molecular weight is 241 g/mol. The fourth-order valence-corrected chi connectivity index (χ4v) is 1.38. The molecule has 96 valence electrons. The first-order valence-electron chi connectivity index (χ1n) is 5.58. The monoisotopic (exact) mass is 241 g/mol. The molecule has 0 spiro atoms. The Morgan fingerprint density at radius 1 is 1.35 bits per heavy atom. The van der Waals surface area contributed by atoms with Crippen molar-refractivity contribution < 1.29 is 14.3 Å². The van der Waals surface area contributed by atoms with Gasteiger partial charge in [0.15, 0.2) is 0 Å². The molecule has 0 aromatic carbocycles. The highest BCUT2D eigenvalue weighted by Gasteiger charge is 2.10. The zero-order chi connectivity index (χ0) is 12.7. The van der Waals surface area contributed by atoms with Crippen LogP contribution in [0.5, 0.6) is 0 Å². The standard InChI is InChI=1S/C11H19N3O3/c1-2-17-11(15)9(12)3-4-10(13)14-5-7-16-8-6-14/h3-4H,2,5-8,12-13H2,1H3/b9-3-,10-4+. The van der Waals surface area contributed by atoms with Crippen LogP contribution in [0.3, 0.4) is 0 Å². The van der Waals surface area contributed by atoms with Crippen molar-refractivity contribution in [2.75, 3.05) is 32.9 Å². The molecule has 0 unspecified atom stereocenters. The fraction of sp³-hybridized carbons (Fsp3) is 0.545. The third-order valence-corrected chi connectivity index (χ3v) is 2.32. The molecule has 0 aromatic rings. The lowest BCUT2D eigenvalue weighted by atomic mass is 10.3. The molecule has 0 bridgehead atoms. The number of carbonyl (C=O) groups is 1. The third kappa shape index (κ3) is 4.36. The topological polar surface area (TPSA) is 90.8 Å². The summed E-state index contributed by atoms with van der Waals surface area (Å²) >= 11 is 0. The zero-order valence-corrected chi connectivity index (χ0v) is 10.0. The highest BCUT2D eigenvalue weighted by Crippen LogP contribution is 2.03. The number of carbonyl (C=O) groups excluding carboxylic acids is 1. The molecule has 0 amide bonds. The maximum Gasteiger partial charge on any atom is 0.354 e. The highest BCUT2D eigenvalue weighted by atomic mass is 16.5. The molecule has 0 saturated carbocycles. The molecule has 17 heavy (non-hydrogen) atoms. The van der Waals surface area contributed by atoms with Crippen molar-refractivity contribution in [2.24, 2.45) is 11.5 Å². The van der Waals surface area contributed by atoms with E-state index in [9.17, 15) is 4.79 Å². The normalized spacial score (nSPS) is 18.1. The fourth-order valence-electron chi connectivity index (χ4n) is 1.38. The van der Waals surface area contributed by atoms with Gasteiger partial charge in [-0.25, -0.2) is 4.79 Å². The van der Waals surface area contributed by atoms with E-state index in [1.165, 1.54) is 6.08 Å². The van der Waals surface area contributed by atoms with Gasteiger partial charge in [0.25, 0.3) is 0 Å². The molecule has 0 radical (unpaired) electrons. The molecule has 1 aliphatic rings. The molecule has 0 atom stereocenters. The largest absolute Gasteiger partial charge is 0.461 e. The second-order valence-corrected chi connectivity index (χ2v) is 3.53. The molecule has 0 aliphatic carbocycles. The van der Waals surface area contributed by atoms with Crippen molar-refractivity contribution in [3.05, 3.63) is 23.7 Å². The van der Waals surface area contributed by atoms with E-state index in [1.54, 1.807) is 13.0 Å². The van der Waals surface area contributed by atoms with Gasteiger partial charge in [-0.3, -0.25) is 0 Å². The number of nitrogens with two attached hydrogens (primary N) is 2. The molecule has 1 saturated heterocycles. The summed E-state index contributed by atoms with van der Waals surface area (Å²) in [5, 5.41) is 0. The van der Waals surface area contributed by atoms with Crippen LogP contribution < -0.4 is 11.5 Å². The smallest absolute Gasteiger partial charge is 0.354 e. The number of morpholine rings is 1. The Kier molecular flexibility index (Phi) is 5.35. The molecule has 1 aliphatic heterocycles. The summed E-state index contributed by atoms with van der Waals surface area (Å²) in [6.45, 7) is 4.83. The lowest BCUT2D eigenvalue weighted by Crippen LogP contribution is -2.38. The van der Waals surface area contributed by atoms with E-state index in [0.29, 0.717) is 25.6 Å². The van der Waals surface area contributed by atoms with Crippen molar-refractivity contribution >= 4 is 5.97 Å². The van der Waals surface area contributed by atoms with Crippen molar-refractivity contribution in [3.8, 4) is 0 Å². The maximum atomic E-state index is 11.2. The van der Waals surface area contributed by atoms with Crippen LogP contribution in [0.15, 0.2) is 23.7 Å². The Balaban J connectivity index is 2.55. The van der Waals surface area contributed by atoms with Gasteiger partial charge in [0.1, 0.15) is 5.70 Å². The summed E-state index contributed by atoms with van der Waals surface area (Å²) in [7, 11) is 0. The molecular formula is C11H19N3O3. The van der Waals surface area contributed by atoms with Gasteiger partial charge in [-0.2, -0.15) is 0 Å². The van der Waals surface area contributed by atoms with Gasteiger partial charge in [-0.1, -0.05) is 0 Å². The Bertz CT molecular complexity index is 320. The molecule has 0 aromatic heterocycles. The van der Waals surface area contributed by atoms with Crippen molar-refractivity contribution in [2.45, 2.75) is 6.92 Å². The van der Waals surface area contributed by atoms with E-state index in [-0.39, 0.29) is 5.70 Å². The van der Waals surface area contributed by atoms with Crippen molar-refractivity contribution in [3.63, 3.8) is 0 Å². The molecule has 1 heterocycles. The van der Waals surface area contributed by atoms with E-state index in [2.05, 4.69) is 0 Å². The SMILES string of the molecule is CCOC(=O)/C(N)=C/C=C(\N)N1CCOCC1.